The SMILES string of the molecule is C=CCn1c(Cc2ccc(OC)cc2)nnc1SCC(=O)Nc1sc2c(c1C(=O)OCC)CCCCC2. The number of thiophene rings is 1. The Morgan fingerprint density at radius 3 is 2.70 bits per heavy atom. The predicted molar refractivity (Wildman–Crippen MR) is 147 cm³/mol. The van der Waals surface area contributed by atoms with E-state index in [1.54, 1.807) is 20.1 Å². The van der Waals surface area contributed by atoms with Gasteiger partial charge in [0.05, 0.1) is 25.0 Å². The van der Waals surface area contributed by atoms with Crippen LogP contribution in [0.1, 0.15) is 58.4 Å². The van der Waals surface area contributed by atoms with Crippen LogP contribution in [0.3, 0.4) is 0 Å². The van der Waals surface area contributed by atoms with Crippen LogP contribution in [0.2, 0.25) is 0 Å². The minimum Gasteiger partial charge on any atom is -0.497 e. The van der Waals surface area contributed by atoms with Gasteiger partial charge in [-0.05, 0) is 55.9 Å². The van der Waals surface area contributed by atoms with Crippen molar-refractivity contribution in [3.63, 3.8) is 0 Å². The number of carbonyl (C=O) groups excluding carboxylic acids is 2. The second-order valence-electron chi connectivity index (χ2n) is 8.65. The van der Waals surface area contributed by atoms with E-state index in [2.05, 4.69) is 22.1 Å². The maximum atomic E-state index is 13.0. The molecule has 1 aliphatic rings. The maximum absolute atomic E-state index is 13.0. The maximum Gasteiger partial charge on any atom is 0.341 e. The topological polar surface area (TPSA) is 95.3 Å². The number of amides is 1. The largest absolute Gasteiger partial charge is 0.497 e. The van der Waals surface area contributed by atoms with Gasteiger partial charge < -0.3 is 19.4 Å². The number of aromatic nitrogens is 3. The number of hydrogen-bond donors (Lipinski definition) is 1. The van der Waals surface area contributed by atoms with E-state index in [0.717, 1.165) is 54.8 Å². The number of allylic oxidation sites excluding steroid dienone is 1. The minimum absolute atomic E-state index is 0.142. The van der Waals surface area contributed by atoms with Gasteiger partial charge in [-0.25, -0.2) is 4.79 Å². The Labute approximate surface area is 225 Å². The quantitative estimate of drug-likeness (QED) is 0.153. The molecule has 1 aliphatic carbocycles. The molecule has 2 heterocycles. The highest BCUT2D eigenvalue weighted by atomic mass is 32.2. The van der Waals surface area contributed by atoms with Crippen LogP contribution in [0.5, 0.6) is 5.75 Å². The molecule has 37 heavy (non-hydrogen) atoms. The first-order chi connectivity index (χ1) is 18.0. The fourth-order valence-corrected chi connectivity index (χ4v) is 6.40. The van der Waals surface area contributed by atoms with E-state index in [1.165, 1.54) is 28.0 Å². The Hall–Kier alpha value is -3.11. The second-order valence-corrected chi connectivity index (χ2v) is 10.7. The molecule has 0 saturated carbocycles. The molecule has 2 aromatic heterocycles. The fourth-order valence-electron chi connectivity index (χ4n) is 4.34. The first-order valence-electron chi connectivity index (χ1n) is 12.4. The van der Waals surface area contributed by atoms with E-state index >= 15 is 0 Å². The third-order valence-electron chi connectivity index (χ3n) is 6.11. The monoisotopic (exact) mass is 540 g/mol. The Morgan fingerprint density at radius 1 is 1.19 bits per heavy atom. The summed E-state index contributed by atoms with van der Waals surface area (Å²) in [5.41, 5.74) is 2.65. The first-order valence-corrected chi connectivity index (χ1v) is 14.2. The van der Waals surface area contributed by atoms with Gasteiger partial charge in [-0.3, -0.25) is 4.79 Å². The standard InChI is InChI=1S/C27H32N4O4S2/c1-4-15-31-22(16-18-11-13-19(34-3)14-12-18)29-30-27(31)36-17-23(32)28-25-24(26(33)35-5-2)20-9-7-6-8-10-21(20)37-25/h4,11-14H,1,5-10,15-17H2,2-3H3,(H,28,32). The molecule has 4 rings (SSSR count). The summed E-state index contributed by atoms with van der Waals surface area (Å²) in [6, 6.07) is 7.82. The van der Waals surface area contributed by atoms with Crippen molar-refractivity contribution < 1.29 is 19.1 Å². The third kappa shape index (κ3) is 6.61. The Morgan fingerprint density at radius 2 is 1.97 bits per heavy atom. The lowest BCUT2D eigenvalue weighted by atomic mass is 10.1. The van der Waals surface area contributed by atoms with Crippen molar-refractivity contribution in [1.82, 2.24) is 14.8 Å². The number of hydrogen-bond acceptors (Lipinski definition) is 8. The number of benzene rings is 1. The molecule has 1 aromatic carbocycles. The van der Waals surface area contributed by atoms with Gasteiger partial charge in [0.1, 0.15) is 16.6 Å². The molecular formula is C27H32N4O4S2. The molecule has 8 nitrogen and oxygen atoms in total. The summed E-state index contributed by atoms with van der Waals surface area (Å²) < 4.78 is 12.5. The lowest BCUT2D eigenvalue weighted by Gasteiger charge is -2.09. The lowest BCUT2D eigenvalue weighted by Crippen LogP contribution is -2.17. The van der Waals surface area contributed by atoms with Crippen molar-refractivity contribution in [3.8, 4) is 5.75 Å². The van der Waals surface area contributed by atoms with Crippen LogP contribution in [0, 0.1) is 0 Å². The summed E-state index contributed by atoms with van der Waals surface area (Å²) in [6.07, 6.45) is 7.43. The summed E-state index contributed by atoms with van der Waals surface area (Å²) >= 11 is 2.81. The van der Waals surface area contributed by atoms with E-state index in [9.17, 15) is 9.59 Å². The Bertz CT molecular complexity index is 1250. The molecule has 3 aromatic rings. The summed E-state index contributed by atoms with van der Waals surface area (Å²) in [6.45, 7) is 6.48. The number of carbonyl (C=O) groups is 2. The Balaban J connectivity index is 1.46. The van der Waals surface area contributed by atoms with Crippen LogP contribution in [-0.2, 0) is 35.3 Å². The van der Waals surface area contributed by atoms with E-state index in [0.29, 0.717) is 35.3 Å². The molecule has 0 fully saturated rings. The van der Waals surface area contributed by atoms with Crippen LogP contribution in [-0.4, -0.2) is 46.1 Å². The summed E-state index contributed by atoms with van der Waals surface area (Å²) in [5, 5.41) is 12.9. The van der Waals surface area contributed by atoms with Gasteiger partial charge in [0.2, 0.25) is 5.91 Å². The average molecular weight is 541 g/mol. The number of nitrogens with one attached hydrogen (secondary N) is 1. The second kappa shape index (κ2) is 12.9. The molecule has 0 radical (unpaired) electrons. The zero-order chi connectivity index (χ0) is 26.2. The molecule has 0 unspecified atom stereocenters. The van der Waals surface area contributed by atoms with Gasteiger partial charge in [-0.2, -0.15) is 0 Å². The molecule has 0 atom stereocenters. The molecule has 0 aliphatic heterocycles. The number of thioether (sulfide) groups is 1. The zero-order valence-electron chi connectivity index (χ0n) is 21.2. The Kier molecular flexibility index (Phi) is 9.40. The number of aryl methyl sites for hydroxylation is 1. The van der Waals surface area contributed by atoms with E-state index in [-0.39, 0.29) is 17.6 Å². The van der Waals surface area contributed by atoms with Crippen LogP contribution in [0.15, 0.2) is 42.1 Å². The van der Waals surface area contributed by atoms with E-state index in [1.807, 2.05) is 28.8 Å². The van der Waals surface area contributed by atoms with Gasteiger partial charge in [-0.1, -0.05) is 36.4 Å². The van der Waals surface area contributed by atoms with Crippen LogP contribution in [0.25, 0.3) is 0 Å². The number of ether oxygens (including phenoxy) is 2. The van der Waals surface area contributed by atoms with Crippen molar-refractivity contribution in [2.75, 3.05) is 24.8 Å². The van der Waals surface area contributed by atoms with Gasteiger partial charge in [0, 0.05) is 17.8 Å². The lowest BCUT2D eigenvalue weighted by molar-refractivity contribution is -0.113. The number of methoxy groups -OCH3 is 1. The summed E-state index contributed by atoms with van der Waals surface area (Å²) in [7, 11) is 1.64. The molecule has 0 spiro atoms. The van der Waals surface area contributed by atoms with Crippen molar-refractivity contribution in [2.24, 2.45) is 0 Å². The molecule has 196 valence electrons. The molecular weight excluding hydrogens is 508 g/mol. The number of esters is 1. The molecule has 0 bridgehead atoms. The molecule has 1 amide bonds. The van der Waals surface area contributed by atoms with Crippen LogP contribution in [0.4, 0.5) is 5.00 Å². The van der Waals surface area contributed by atoms with E-state index in [4.69, 9.17) is 9.47 Å². The van der Waals surface area contributed by atoms with Gasteiger partial charge in [0.15, 0.2) is 5.16 Å². The first kappa shape index (κ1) is 26.9. The van der Waals surface area contributed by atoms with Gasteiger partial charge in [-0.15, -0.1) is 28.1 Å². The number of anilines is 1. The predicted octanol–water partition coefficient (Wildman–Crippen LogP) is 5.30. The normalized spacial score (nSPS) is 12.9. The highest BCUT2D eigenvalue weighted by molar-refractivity contribution is 7.99. The van der Waals surface area contributed by atoms with Crippen LogP contribution >= 0.6 is 23.1 Å². The van der Waals surface area contributed by atoms with Crippen molar-refractivity contribution >= 4 is 40.0 Å². The molecule has 1 N–H and O–H groups in total. The summed E-state index contributed by atoms with van der Waals surface area (Å²) in [4.78, 5) is 26.9. The summed E-state index contributed by atoms with van der Waals surface area (Å²) in [5.74, 6) is 1.17. The van der Waals surface area contributed by atoms with Crippen LogP contribution < -0.4 is 10.1 Å². The number of nitrogens with zero attached hydrogens (tertiary/aromatic N) is 3. The van der Waals surface area contributed by atoms with Gasteiger partial charge >= 0.3 is 5.97 Å². The van der Waals surface area contributed by atoms with E-state index < -0.39 is 0 Å². The smallest absolute Gasteiger partial charge is 0.341 e. The van der Waals surface area contributed by atoms with Gasteiger partial charge in [0.25, 0.3) is 0 Å². The highest BCUT2D eigenvalue weighted by Gasteiger charge is 2.26. The average Bonchev–Trinajstić information content (AvgIpc) is 3.34. The fraction of sp³-hybridized carbons (Fsp3) is 0.407. The molecule has 10 heteroatoms. The van der Waals surface area contributed by atoms with Crippen molar-refractivity contribution in [1.29, 1.82) is 0 Å². The zero-order valence-corrected chi connectivity index (χ0v) is 22.9. The van der Waals surface area contributed by atoms with Crippen molar-refractivity contribution in [3.05, 3.63) is 64.3 Å². The third-order valence-corrected chi connectivity index (χ3v) is 8.29. The number of fused-ring (bicyclic) bond motifs is 1. The minimum atomic E-state index is -0.362. The highest BCUT2D eigenvalue weighted by Crippen LogP contribution is 2.38. The number of rotatable bonds is 11. The molecule has 0 saturated heterocycles. The van der Waals surface area contributed by atoms with Crippen molar-refractivity contribution in [2.45, 2.75) is 57.1 Å².